The number of nitrogens with zero attached hydrogens (tertiary/aromatic N) is 1. The monoisotopic (exact) mass is 239 g/mol. The van der Waals surface area contributed by atoms with Crippen LogP contribution in [-0.2, 0) is 19.5 Å². The van der Waals surface area contributed by atoms with Gasteiger partial charge in [0.2, 0.25) is 0 Å². The summed E-state index contributed by atoms with van der Waals surface area (Å²) in [4.78, 5) is 16.5. The molecular formula is C15H15N2O. The Hall–Kier alpha value is -1.87. The van der Waals surface area contributed by atoms with Crippen LogP contribution in [0.2, 0.25) is 0 Å². The normalized spacial score (nSPS) is 15.3. The van der Waals surface area contributed by atoms with Crippen molar-refractivity contribution in [2.75, 3.05) is 6.54 Å². The molecule has 1 aliphatic rings. The van der Waals surface area contributed by atoms with E-state index < -0.39 is 0 Å². The minimum Gasteiger partial charge on any atom is -0.325 e. The molecule has 0 unspecified atom stereocenters. The van der Waals surface area contributed by atoms with E-state index in [2.05, 4.69) is 40.2 Å². The van der Waals surface area contributed by atoms with Crippen LogP contribution in [0, 0.1) is 6.07 Å². The fourth-order valence-electron chi connectivity index (χ4n) is 2.42. The summed E-state index contributed by atoms with van der Waals surface area (Å²) in [5, 5.41) is 0. The average molecular weight is 239 g/mol. The van der Waals surface area contributed by atoms with Crippen molar-refractivity contribution in [3.8, 4) is 0 Å². The average Bonchev–Trinajstić information content (AvgIpc) is 2.40. The van der Waals surface area contributed by atoms with Crippen LogP contribution in [0.3, 0.4) is 0 Å². The van der Waals surface area contributed by atoms with E-state index in [-0.39, 0.29) is 5.56 Å². The predicted molar refractivity (Wildman–Crippen MR) is 70.2 cm³/mol. The van der Waals surface area contributed by atoms with Crippen molar-refractivity contribution in [1.29, 1.82) is 0 Å². The molecule has 1 N–H and O–H groups in total. The number of fused-ring (bicyclic) bond motifs is 1. The van der Waals surface area contributed by atoms with Gasteiger partial charge in [0.25, 0.3) is 5.56 Å². The lowest BCUT2D eigenvalue weighted by Crippen LogP contribution is -2.31. The highest BCUT2D eigenvalue weighted by molar-refractivity contribution is 5.22. The first-order valence-corrected chi connectivity index (χ1v) is 6.20. The van der Waals surface area contributed by atoms with Gasteiger partial charge >= 0.3 is 0 Å². The van der Waals surface area contributed by atoms with E-state index in [4.69, 9.17) is 0 Å². The molecule has 3 heteroatoms. The summed E-state index contributed by atoms with van der Waals surface area (Å²) in [6.45, 7) is 2.83. The zero-order chi connectivity index (χ0) is 12.4. The highest BCUT2D eigenvalue weighted by Crippen LogP contribution is 2.17. The first kappa shape index (κ1) is 11.2. The van der Waals surface area contributed by atoms with Gasteiger partial charge in [-0.05, 0) is 17.2 Å². The SMILES string of the molecule is O=c1[c]cc2c([nH]1)CCN(Cc1ccccc1)C2. The second kappa shape index (κ2) is 4.78. The minimum atomic E-state index is -0.120. The molecule has 3 rings (SSSR count). The fourth-order valence-corrected chi connectivity index (χ4v) is 2.42. The van der Waals surface area contributed by atoms with Crippen molar-refractivity contribution in [3.05, 3.63) is 69.6 Å². The predicted octanol–water partition coefficient (Wildman–Crippen LogP) is 1.73. The maximum atomic E-state index is 11.2. The Kier molecular flexibility index (Phi) is 2.99. The van der Waals surface area contributed by atoms with Gasteiger partial charge < -0.3 is 4.98 Å². The number of rotatable bonds is 2. The highest BCUT2D eigenvalue weighted by atomic mass is 16.1. The highest BCUT2D eigenvalue weighted by Gasteiger charge is 2.16. The topological polar surface area (TPSA) is 36.1 Å². The van der Waals surface area contributed by atoms with Crippen molar-refractivity contribution in [3.63, 3.8) is 0 Å². The van der Waals surface area contributed by atoms with Gasteiger partial charge in [-0.25, -0.2) is 0 Å². The van der Waals surface area contributed by atoms with Gasteiger partial charge in [0.1, 0.15) is 0 Å². The second-order valence-electron chi connectivity index (χ2n) is 4.69. The van der Waals surface area contributed by atoms with E-state index in [1.165, 1.54) is 11.1 Å². The first-order valence-electron chi connectivity index (χ1n) is 6.20. The number of aromatic nitrogens is 1. The van der Waals surface area contributed by atoms with Crippen LogP contribution in [0.5, 0.6) is 0 Å². The number of H-pyrrole nitrogens is 1. The summed E-state index contributed by atoms with van der Waals surface area (Å²) in [5.74, 6) is 0. The molecular weight excluding hydrogens is 224 g/mol. The van der Waals surface area contributed by atoms with Crippen LogP contribution in [0.25, 0.3) is 0 Å². The van der Waals surface area contributed by atoms with Gasteiger partial charge in [0.15, 0.2) is 0 Å². The largest absolute Gasteiger partial charge is 0.325 e. The van der Waals surface area contributed by atoms with E-state index in [9.17, 15) is 4.79 Å². The molecule has 0 saturated carbocycles. The number of aromatic amines is 1. The number of hydrogen-bond acceptors (Lipinski definition) is 2. The van der Waals surface area contributed by atoms with Crippen molar-refractivity contribution in [1.82, 2.24) is 9.88 Å². The maximum Gasteiger partial charge on any atom is 0.256 e. The molecule has 1 radical (unpaired) electrons. The summed E-state index contributed by atoms with van der Waals surface area (Å²) >= 11 is 0. The molecule has 1 aromatic heterocycles. The Labute approximate surface area is 106 Å². The lowest BCUT2D eigenvalue weighted by molar-refractivity contribution is 0.243. The van der Waals surface area contributed by atoms with Crippen LogP contribution in [-0.4, -0.2) is 16.4 Å². The Morgan fingerprint density at radius 3 is 2.94 bits per heavy atom. The lowest BCUT2D eigenvalue weighted by atomic mass is 10.0. The zero-order valence-corrected chi connectivity index (χ0v) is 10.1. The van der Waals surface area contributed by atoms with E-state index in [1.54, 1.807) is 0 Å². The fraction of sp³-hybridized carbons (Fsp3) is 0.267. The maximum absolute atomic E-state index is 11.2. The molecule has 1 aliphatic heterocycles. The van der Waals surface area contributed by atoms with E-state index in [0.717, 1.165) is 31.7 Å². The Bertz CT molecular complexity index is 589. The molecule has 0 spiro atoms. The van der Waals surface area contributed by atoms with Gasteiger partial charge in [-0.2, -0.15) is 0 Å². The Balaban J connectivity index is 1.75. The lowest BCUT2D eigenvalue weighted by Gasteiger charge is -2.28. The summed E-state index contributed by atoms with van der Waals surface area (Å²) in [5.41, 5.74) is 3.47. The molecule has 0 fully saturated rings. The molecule has 91 valence electrons. The van der Waals surface area contributed by atoms with Crippen molar-refractivity contribution in [2.24, 2.45) is 0 Å². The van der Waals surface area contributed by atoms with Gasteiger partial charge in [-0.1, -0.05) is 30.3 Å². The molecule has 18 heavy (non-hydrogen) atoms. The quantitative estimate of drug-likeness (QED) is 0.866. The van der Waals surface area contributed by atoms with E-state index >= 15 is 0 Å². The molecule has 1 aromatic carbocycles. The summed E-state index contributed by atoms with van der Waals surface area (Å²) in [7, 11) is 0. The van der Waals surface area contributed by atoms with Crippen LogP contribution in [0.15, 0.2) is 41.2 Å². The second-order valence-corrected chi connectivity index (χ2v) is 4.69. The molecule has 2 aromatic rings. The van der Waals surface area contributed by atoms with Crippen LogP contribution >= 0.6 is 0 Å². The number of benzene rings is 1. The van der Waals surface area contributed by atoms with E-state index in [0.29, 0.717) is 0 Å². The zero-order valence-electron chi connectivity index (χ0n) is 10.1. The Morgan fingerprint density at radius 1 is 1.28 bits per heavy atom. The number of hydrogen-bond donors (Lipinski definition) is 1. The molecule has 0 saturated heterocycles. The van der Waals surface area contributed by atoms with E-state index in [1.807, 2.05) is 12.1 Å². The summed E-state index contributed by atoms with van der Waals surface area (Å²) in [6.07, 6.45) is 0.909. The summed E-state index contributed by atoms with van der Waals surface area (Å²) in [6, 6.07) is 15.0. The molecule has 0 amide bonds. The van der Waals surface area contributed by atoms with Crippen LogP contribution in [0.4, 0.5) is 0 Å². The minimum absolute atomic E-state index is 0.120. The van der Waals surface area contributed by atoms with Gasteiger partial charge in [0.05, 0.1) is 6.07 Å². The smallest absolute Gasteiger partial charge is 0.256 e. The van der Waals surface area contributed by atoms with Crippen LogP contribution in [0.1, 0.15) is 16.8 Å². The van der Waals surface area contributed by atoms with Gasteiger partial charge in [-0.15, -0.1) is 0 Å². The molecule has 3 nitrogen and oxygen atoms in total. The Morgan fingerprint density at radius 2 is 2.11 bits per heavy atom. The van der Waals surface area contributed by atoms with Crippen molar-refractivity contribution < 1.29 is 0 Å². The first-order chi connectivity index (χ1) is 8.81. The summed E-state index contributed by atoms with van der Waals surface area (Å²) < 4.78 is 0. The standard InChI is InChI=1S/C15H15N2O/c18-15-7-6-13-11-17(9-8-14(13)16-15)10-12-4-2-1-3-5-12/h1-6H,8-11H2,(H,16,18). The van der Waals surface area contributed by atoms with Crippen molar-refractivity contribution >= 4 is 0 Å². The number of nitrogens with one attached hydrogen (secondary N) is 1. The van der Waals surface area contributed by atoms with Gasteiger partial charge in [0, 0.05) is 31.7 Å². The third-order valence-corrected chi connectivity index (χ3v) is 3.35. The molecule has 0 aliphatic carbocycles. The molecule has 0 bridgehead atoms. The third kappa shape index (κ3) is 2.36. The van der Waals surface area contributed by atoms with Gasteiger partial charge in [-0.3, -0.25) is 9.69 Å². The van der Waals surface area contributed by atoms with Crippen molar-refractivity contribution in [2.45, 2.75) is 19.5 Å². The number of pyridine rings is 1. The van der Waals surface area contributed by atoms with Crippen LogP contribution < -0.4 is 5.56 Å². The molecule has 0 atom stereocenters. The third-order valence-electron chi connectivity index (χ3n) is 3.35. The molecule has 2 heterocycles.